The molecule has 0 saturated carbocycles. The molecule has 19 heavy (non-hydrogen) atoms. The van der Waals surface area contributed by atoms with Gasteiger partial charge in [0.15, 0.2) is 0 Å². The third kappa shape index (κ3) is 4.16. The summed E-state index contributed by atoms with van der Waals surface area (Å²) in [6.45, 7) is 3.04. The van der Waals surface area contributed by atoms with Crippen LogP contribution in [0.15, 0.2) is 5.38 Å². The number of hydrogen-bond donors (Lipinski definition) is 1. The summed E-state index contributed by atoms with van der Waals surface area (Å²) < 4.78 is 0. The summed E-state index contributed by atoms with van der Waals surface area (Å²) in [4.78, 5) is 18.4. The Morgan fingerprint density at radius 3 is 2.89 bits per heavy atom. The largest absolute Gasteiger partial charge is 0.359 e. The van der Waals surface area contributed by atoms with Gasteiger partial charge in [-0.05, 0) is 25.9 Å². The molecular formula is C13H20ClN3OS. The number of hydrogen-bond acceptors (Lipinski definition) is 4. The number of aromatic nitrogens is 1. The van der Waals surface area contributed by atoms with Gasteiger partial charge in [-0.2, -0.15) is 0 Å². The first-order valence-electron chi connectivity index (χ1n) is 6.66. The number of halogens is 1. The Morgan fingerprint density at radius 1 is 1.58 bits per heavy atom. The number of nitrogens with one attached hydrogen (secondary N) is 1. The van der Waals surface area contributed by atoms with Crippen molar-refractivity contribution in [1.29, 1.82) is 0 Å². The first kappa shape index (κ1) is 14.8. The van der Waals surface area contributed by atoms with E-state index in [1.165, 1.54) is 0 Å². The maximum absolute atomic E-state index is 11.5. The topological polar surface area (TPSA) is 45.2 Å². The van der Waals surface area contributed by atoms with Gasteiger partial charge in [-0.15, -0.1) is 22.9 Å². The monoisotopic (exact) mass is 301 g/mol. The minimum atomic E-state index is 0.186. The van der Waals surface area contributed by atoms with Crippen molar-refractivity contribution >= 4 is 28.8 Å². The van der Waals surface area contributed by atoms with Crippen molar-refractivity contribution < 1.29 is 4.79 Å². The maximum atomic E-state index is 11.5. The fourth-order valence-corrected chi connectivity index (χ4v) is 3.42. The molecule has 1 aromatic heterocycles. The van der Waals surface area contributed by atoms with E-state index in [1.54, 1.807) is 18.4 Å². The molecule has 6 heteroatoms. The molecular weight excluding hydrogens is 282 g/mol. The third-order valence-corrected chi connectivity index (χ3v) is 4.81. The highest BCUT2D eigenvalue weighted by Crippen LogP contribution is 2.18. The van der Waals surface area contributed by atoms with Gasteiger partial charge in [-0.25, -0.2) is 4.98 Å². The number of carbonyl (C=O) groups excluding carboxylic acids is 1. The number of rotatable bonds is 5. The molecule has 0 aromatic carbocycles. The van der Waals surface area contributed by atoms with Crippen molar-refractivity contribution in [3.8, 4) is 0 Å². The number of carbonyl (C=O) groups is 1. The van der Waals surface area contributed by atoms with Crippen LogP contribution in [0, 0.1) is 5.92 Å². The summed E-state index contributed by atoms with van der Waals surface area (Å²) in [6.07, 6.45) is 2.90. The van der Waals surface area contributed by atoms with Crippen molar-refractivity contribution in [2.24, 2.45) is 5.92 Å². The molecule has 0 atom stereocenters. The summed E-state index contributed by atoms with van der Waals surface area (Å²) in [5, 5.41) is 5.92. The van der Waals surface area contributed by atoms with Crippen LogP contribution in [0.3, 0.4) is 0 Å². The Balaban J connectivity index is 1.72. The minimum Gasteiger partial charge on any atom is -0.359 e. The molecule has 0 bridgehead atoms. The second-order valence-corrected chi connectivity index (χ2v) is 6.06. The first-order chi connectivity index (χ1) is 9.22. The SMILES string of the molecule is CNC(=O)C1CCN(CCc2nc(CCl)cs2)CC1. The van der Waals surface area contributed by atoms with Gasteiger partial charge in [0.05, 0.1) is 16.6 Å². The third-order valence-electron chi connectivity index (χ3n) is 3.58. The average Bonchev–Trinajstić information content (AvgIpc) is 2.93. The second kappa shape index (κ2) is 7.22. The number of amides is 1. The van der Waals surface area contributed by atoms with Gasteiger partial charge in [0.25, 0.3) is 0 Å². The molecule has 1 aromatic rings. The highest BCUT2D eigenvalue weighted by Gasteiger charge is 2.23. The number of piperidine rings is 1. The molecule has 1 amide bonds. The molecule has 0 aliphatic carbocycles. The zero-order valence-electron chi connectivity index (χ0n) is 11.2. The second-order valence-electron chi connectivity index (χ2n) is 4.85. The van der Waals surface area contributed by atoms with Gasteiger partial charge in [0, 0.05) is 31.3 Å². The Hall–Kier alpha value is -0.650. The Bertz CT molecular complexity index is 416. The van der Waals surface area contributed by atoms with Gasteiger partial charge >= 0.3 is 0 Å². The lowest BCUT2D eigenvalue weighted by atomic mass is 9.96. The van der Waals surface area contributed by atoms with Crippen LogP contribution in [0.4, 0.5) is 0 Å². The van der Waals surface area contributed by atoms with E-state index < -0.39 is 0 Å². The van der Waals surface area contributed by atoms with Crippen LogP contribution in [0.1, 0.15) is 23.5 Å². The van der Waals surface area contributed by atoms with Gasteiger partial charge in [-0.1, -0.05) is 0 Å². The summed E-state index contributed by atoms with van der Waals surface area (Å²) in [6, 6.07) is 0. The lowest BCUT2D eigenvalue weighted by molar-refractivity contribution is -0.125. The lowest BCUT2D eigenvalue weighted by Crippen LogP contribution is -2.40. The van der Waals surface area contributed by atoms with Crippen LogP contribution in [0.5, 0.6) is 0 Å². The van der Waals surface area contributed by atoms with E-state index in [1.807, 2.05) is 5.38 Å². The van der Waals surface area contributed by atoms with E-state index in [2.05, 4.69) is 15.2 Å². The van der Waals surface area contributed by atoms with Crippen LogP contribution in [0.2, 0.25) is 0 Å². The van der Waals surface area contributed by atoms with Crippen LogP contribution in [-0.4, -0.2) is 42.5 Å². The van der Waals surface area contributed by atoms with Gasteiger partial charge in [0.1, 0.15) is 0 Å². The number of alkyl halides is 1. The van der Waals surface area contributed by atoms with Gasteiger partial charge in [0.2, 0.25) is 5.91 Å². The predicted molar refractivity (Wildman–Crippen MR) is 78.6 cm³/mol. The first-order valence-corrected chi connectivity index (χ1v) is 8.07. The molecule has 0 spiro atoms. The van der Waals surface area contributed by atoms with Crippen molar-refractivity contribution in [3.05, 3.63) is 16.1 Å². The summed E-state index contributed by atoms with van der Waals surface area (Å²) in [5.74, 6) is 0.879. The molecule has 1 N–H and O–H groups in total. The molecule has 0 unspecified atom stereocenters. The normalized spacial score (nSPS) is 17.6. The maximum Gasteiger partial charge on any atom is 0.222 e. The fourth-order valence-electron chi connectivity index (χ4n) is 2.40. The van der Waals surface area contributed by atoms with Gasteiger partial charge < -0.3 is 10.2 Å². The molecule has 4 nitrogen and oxygen atoms in total. The van der Waals surface area contributed by atoms with E-state index in [4.69, 9.17) is 11.6 Å². The molecule has 2 heterocycles. The fraction of sp³-hybridized carbons (Fsp3) is 0.692. The molecule has 1 fully saturated rings. The lowest BCUT2D eigenvalue weighted by Gasteiger charge is -2.30. The molecule has 106 valence electrons. The molecule has 1 aliphatic heterocycles. The van der Waals surface area contributed by atoms with Crippen LogP contribution < -0.4 is 5.32 Å². The Morgan fingerprint density at radius 2 is 2.32 bits per heavy atom. The number of nitrogens with zero attached hydrogens (tertiary/aromatic N) is 2. The standard InChI is InChI=1S/C13H20ClN3OS/c1-15-13(18)10-2-5-17(6-3-10)7-4-12-16-11(8-14)9-19-12/h9-10H,2-8H2,1H3,(H,15,18). The highest BCUT2D eigenvalue weighted by atomic mass is 35.5. The van der Waals surface area contributed by atoms with Crippen molar-refractivity contribution in [1.82, 2.24) is 15.2 Å². The number of thiazole rings is 1. The number of likely N-dealkylation sites (tertiary alicyclic amines) is 1. The Kier molecular flexibility index (Phi) is 5.60. The minimum absolute atomic E-state index is 0.186. The van der Waals surface area contributed by atoms with Crippen LogP contribution in [-0.2, 0) is 17.1 Å². The van der Waals surface area contributed by atoms with Crippen molar-refractivity contribution in [2.75, 3.05) is 26.7 Å². The molecule has 0 radical (unpaired) electrons. The Labute approximate surface area is 123 Å². The van der Waals surface area contributed by atoms with E-state index in [-0.39, 0.29) is 11.8 Å². The molecule has 1 saturated heterocycles. The van der Waals surface area contributed by atoms with Crippen molar-refractivity contribution in [2.45, 2.75) is 25.1 Å². The molecule has 1 aliphatic rings. The predicted octanol–water partition coefficient (Wildman–Crippen LogP) is 1.88. The average molecular weight is 302 g/mol. The summed E-state index contributed by atoms with van der Waals surface area (Å²) >= 11 is 7.43. The van der Waals surface area contributed by atoms with E-state index in [0.717, 1.165) is 49.6 Å². The van der Waals surface area contributed by atoms with E-state index >= 15 is 0 Å². The smallest absolute Gasteiger partial charge is 0.222 e. The summed E-state index contributed by atoms with van der Waals surface area (Å²) in [7, 11) is 1.71. The van der Waals surface area contributed by atoms with E-state index in [9.17, 15) is 4.79 Å². The zero-order chi connectivity index (χ0) is 13.7. The highest BCUT2D eigenvalue weighted by molar-refractivity contribution is 7.09. The quantitative estimate of drug-likeness (QED) is 0.845. The van der Waals surface area contributed by atoms with Crippen molar-refractivity contribution in [3.63, 3.8) is 0 Å². The van der Waals surface area contributed by atoms with Crippen LogP contribution >= 0.6 is 22.9 Å². The van der Waals surface area contributed by atoms with Gasteiger partial charge in [-0.3, -0.25) is 4.79 Å². The zero-order valence-corrected chi connectivity index (χ0v) is 12.8. The molecule has 2 rings (SSSR count). The van der Waals surface area contributed by atoms with E-state index in [0.29, 0.717) is 5.88 Å². The van der Waals surface area contributed by atoms with Crippen LogP contribution in [0.25, 0.3) is 0 Å². The summed E-state index contributed by atoms with van der Waals surface area (Å²) in [5.41, 5.74) is 0.972.